The molecule has 0 fully saturated rings. The molecule has 0 saturated heterocycles. The number of rotatable bonds is 3. The quantitative estimate of drug-likeness (QED) is 0.881. The van der Waals surface area contributed by atoms with E-state index in [-0.39, 0.29) is 5.91 Å². The minimum Gasteiger partial charge on any atom is -0.368 e. The van der Waals surface area contributed by atoms with Crippen LogP contribution in [-0.2, 0) is 16.0 Å². The van der Waals surface area contributed by atoms with Gasteiger partial charge in [0.25, 0.3) is 5.91 Å². The van der Waals surface area contributed by atoms with Crippen LogP contribution in [0.4, 0.5) is 5.69 Å². The number of carbonyl (C=O) groups is 2. The molecular weight excluding hydrogens is 276 g/mol. The number of benzene rings is 2. The highest BCUT2D eigenvalue weighted by Gasteiger charge is 2.35. The molecule has 0 aliphatic carbocycles. The van der Waals surface area contributed by atoms with Crippen LogP contribution >= 0.6 is 0 Å². The summed E-state index contributed by atoms with van der Waals surface area (Å²) >= 11 is 0. The summed E-state index contributed by atoms with van der Waals surface area (Å²) in [6.07, 6.45) is 3.69. The summed E-state index contributed by atoms with van der Waals surface area (Å²) < 4.78 is 0. The molecule has 1 aliphatic heterocycles. The van der Waals surface area contributed by atoms with Gasteiger partial charge in [-0.15, -0.1) is 0 Å². The Kier molecular flexibility index (Phi) is 3.74. The molecular formula is C18H16N2O2. The van der Waals surface area contributed by atoms with Gasteiger partial charge in [-0.25, -0.2) is 0 Å². The van der Waals surface area contributed by atoms with E-state index < -0.39 is 11.9 Å². The van der Waals surface area contributed by atoms with Gasteiger partial charge < -0.3 is 5.73 Å². The third-order valence-corrected chi connectivity index (χ3v) is 3.76. The standard InChI is InChI=1S/C18H16N2O2/c19-18(22)16-12-14-8-4-5-9-15(14)20(16)17(21)11-10-13-6-2-1-3-7-13/h1-11,16H,12H2,(H2,19,22)/b11-10-. The minimum absolute atomic E-state index is 0.238. The van der Waals surface area contributed by atoms with Crippen LogP contribution in [0.3, 0.4) is 0 Å². The maximum absolute atomic E-state index is 12.5. The molecule has 1 unspecified atom stereocenters. The molecule has 3 rings (SSSR count). The molecule has 2 aromatic carbocycles. The number of amides is 2. The Bertz CT molecular complexity index is 738. The highest BCUT2D eigenvalue weighted by Crippen LogP contribution is 2.32. The maximum atomic E-state index is 12.5. The Labute approximate surface area is 128 Å². The summed E-state index contributed by atoms with van der Waals surface area (Å²) in [6.45, 7) is 0. The van der Waals surface area contributed by atoms with Gasteiger partial charge in [0.15, 0.2) is 0 Å². The Morgan fingerprint density at radius 1 is 1.05 bits per heavy atom. The SMILES string of the molecule is NC(=O)C1Cc2ccccc2N1C(=O)/C=C\c1ccccc1. The van der Waals surface area contributed by atoms with Crippen molar-refractivity contribution >= 4 is 23.6 Å². The normalized spacial score (nSPS) is 16.7. The van der Waals surface area contributed by atoms with E-state index in [0.29, 0.717) is 6.42 Å². The number of primary amides is 1. The number of para-hydroxylation sites is 1. The second-order valence-electron chi connectivity index (χ2n) is 5.20. The van der Waals surface area contributed by atoms with Crippen LogP contribution in [0.5, 0.6) is 0 Å². The van der Waals surface area contributed by atoms with Crippen LogP contribution in [0.1, 0.15) is 11.1 Å². The van der Waals surface area contributed by atoms with Crippen molar-refractivity contribution in [1.29, 1.82) is 0 Å². The Morgan fingerprint density at radius 2 is 1.73 bits per heavy atom. The molecule has 0 radical (unpaired) electrons. The Morgan fingerprint density at radius 3 is 2.45 bits per heavy atom. The van der Waals surface area contributed by atoms with E-state index in [9.17, 15) is 9.59 Å². The van der Waals surface area contributed by atoms with E-state index in [1.165, 1.54) is 11.0 Å². The first-order chi connectivity index (χ1) is 10.7. The first-order valence-corrected chi connectivity index (χ1v) is 7.10. The summed E-state index contributed by atoms with van der Waals surface area (Å²) in [7, 11) is 0. The topological polar surface area (TPSA) is 63.4 Å². The van der Waals surface area contributed by atoms with Crippen LogP contribution in [-0.4, -0.2) is 17.9 Å². The number of nitrogens with zero attached hydrogens (tertiary/aromatic N) is 1. The van der Waals surface area contributed by atoms with Gasteiger partial charge in [-0.2, -0.15) is 0 Å². The lowest BCUT2D eigenvalue weighted by molar-refractivity contribution is -0.122. The second-order valence-corrected chi connectivity index (χ2v) is 5.20. The third kappa shape index (κ3) is 2.63. The van der Waals surface area contributed by atoms with Crippen LogP contribution in [0, 0.1) is 0 Å². The van der Waals surface area contributed by atoms with Crippen LogP contribution in [0.25, 0.3) is 6.08 Å². The highest BCUT2D eigenvalue weighted by atomic mass is 16.2. The summed E-state index contributed by atoms with van der Waals surface area (Å²) in [5.41, 5.74) is 8.11. The van der Waals surface area contributed by atoms with Crippen molar-refractivity contribution in [2.45, 2.75) is 12.5 Å². The molecule has 2 aromatic rings. The molecule has 1 aliphatic rings. The van der Waals surface area contributed by atoms with Crippen molar-refractivity contribution in [1.82, 2.24) is 0 Å². The molecule has 22 heavy (non-hydrogen) atoms. The molecule has 4 nitrogen and oxygen atoms in total. The van der Waals surface area contributed by atoms with Gasteiger partial charge in [0, 0.05) is 18.2 Å². The molecule has 0 aromatic heterocycles. The number of nitrogens with two attached hydrogens (primary N) is 1. The fourth-order valence-electron chi connectivity index (χ4n) is 2.70. The lowest BCUT2D eigenvalue weighted by atomic mass is 10.1. The van der Waals surface area contributed by atoms with Crippen molar-refractivity contribution in [2.75, 3.05) is 4.90 Å². The molecule has 4 heteroatoms. The van der Waals surface area contributed by atoms with Crippen molar-refractivity contribution in [3.05, 3.63) is 71.8 Å². The zero-order valence-corrected chi connectivity index (χ0v) is 12.0. The summed E-state index contributed by atoms with van der Waals surface area (Å²) in [5.74, 6) is -0.727. The largest absolute Gasteiger partial charge is 0.368 e. The summed E-state index contributed by atoms with van der Waals surface area (Å²) in [6, 6.07) is 16.4. The number of fused-ring (bicyclic) bond motifs is 1. The Balaban J connectivity index is 1.89. The average Bonchev–Trinajstić information content (AvgIpc) is 2.93. The van der Waals surface area contributed by atoms with Crippen molar-refractivity contribution in [2.24, 2.45) is 5.73 Å². The third-order valence-electron chi connectivity index (χ3n) is 3.76. The average molecular weight is 292 g/mol. The first kappa shape index (κ1) is 14.1. The maximum Gasteiger partial charge on any atom is 0.251 e. The fourth-order valence-corrected chi connectivity index (χ4v) is 2.70. The lowest BCUT2D eigenvalue weighted by Crippen LogP contribution is -2.45. The zero-order chi connectivity index (χ0) is 15.5. The fraction of sp³-hybridized carbons (Fsp3) is 0.111. The monoisotopic (exact) mass is 292 g/mol. The molecule has 2 N–H and O–H groups in total. The molecule has 1 heterocycles. The van der Waals surface area contributed by atoms with Crippen molar-refractivity contribution < 1.29 is 9.59 Å². The van der Waals surface area contributed by atoms with E-state index in [1.54, 1.807) is 6.08 Å². The summed E-state index contributed by atoms with van der Waals surface area (Å²) in [5, 5.41) is 0. The van der Waals surface area contributed by atoms with Crippen molar-refractivity contribution in [3.8, 4) is 0 Å². The van der Waals surface area contributed by atoms with Gasteiger partial charge in [0.2, 0.25) is 5.91 Å². The van der Waals surface area contributed by atoms with E-state index in [2.05, 4.69) is 0 Å². The Hall–Kier alpha value is -2.88. The first-order valence-electron chi connectivity index (χ1n) is 7.10. The van der Waals surface area contributed by atoms with Gasteiger partial charge >= 0.3 is 0 Å². The zero-order valence-electron chi connectivity index (χ0n) is 12.0. The number of hydrogen-bond acceptors (Lipinski definition) is 2. The van der Waals surface area contributed by atoms with Gasteiger partial charge in [0.05, 0.1) is 0 Å². The van der Waals surface area contributed by atoms with Gasteiger partial charge in [-0.1, -0.05) is 48.5 Å². The molecule has 0 bridgehead atoms. The number of carbonyl (C=O) groups excluding carboxylic acids is 2. The predicted molar refractivity (Wildman–Crippen MR) is 86.1 cm³/mol. The summed E-state index contributed by atoms with van der Waals surface area (Å²) in [4.78, 5) is 25.7. The molecule has 2 amide bonds. The van der Waals surface area contributed by atoms with Crippen LogP contribution in [0.15, 0.2) is 60.7 Å². The second kappa shape index (κ2) is 5.85. The smallest absolute Gasteiger partial charge is 0.251 e. The number of hydrogen-bond donors (Lipinski definition) is 1. The van der Waals surface area contributed by atoms with Gasteiger partial charge in [-0.3, -0.25) is 14.5 Å². The van der Waals surface area contributed by atoms with Crippen LogP contribution in [0.2, 0.25) is 0 Å². The van der Waals surface area contributed by atoms with Crippen LogP contribution < -0.4 is 10.6 Å². The van der Waals surface area contributed by atoms with Crippen molar-refractivity contribution in [3.63, 3.8) is 0 Å². The highest BCUT2D eigenvalue weighted by molar-refractivity contribution is 6.09. The van der Waals surface area contributed by atoms with E-state index in [4.69, 9.17) is 5.73 Å². The minimum atomic E-state index is -0.620. The van der Waals surface area contributed by atoms with E-state index >= 15 is 0 Å². The predicted octanol–water partition coefficient (Wildman–Crippen LogP) is 2.14. The van der Waals surface area contributed by atoms with E-state index in [1.807, 2.05) is 54.6 Å². The molecule has 1 atom stereocenters. The lowest BCUT2D eigenvalue weighted by Gasteiger charge is -2.21. The molecule has 110 valence electrons. The number of anilines is 1. The molecule has 0 spiro atoms. The molecule has 0 saturated carbocycles. The van der Waals surface area contributed by atoms with Gasteiger partial charge in [0.1, 0.15) is 6.04 Å². The van der Waals surface area contributed by atoms with E-state index in [0.717, 1.165) is 16.8 Å². The van der Waals surface area contributed by atoms with Gasteiger partial charge in [-0.05, 0) is 23.3 Å².